The van der Waals surface area contributed by atoms with E-state index in [0.717, 1.165) is 36.9 Å². The average Bonchev–Trinajstić information content (AvgIpc) is 3.19. The Bertz CT molecular complexity index is 918. The van der Waals surface area contributed by atoms with Crippen molar-refractivity contribution in [2.45, 2.75) is 40.3 Å². The maximum Gasteiger partial charge on any atom is 0.173 e. The SMILES string of the molecule is Cc1ccc(C)c(NC(=S)N(CCCn2ccnc2)Cc2ccccc2C)c1. The zero-order valence-corrected chi connectivity index (χ0v) is 17.7. The van der Waals surface area contributed by atoms with Crippen LogP contribution in [0.2, 0.25) is 0 Å². The number of thiocarbonyl (C=S) groups is 1. The van der Waals surface area contributed by atoms with Crippen molar-refractivity contribution in [3.63, 3.8) is 0 Å². The minimum atomic E-state index is 0.766. The van der Waals surface area contributed by atoms with E-state index in [2.05, 4.69) is 83.0 Å². The van der Waals surface area contributed by atoms with Crippen molar-refractivity contribution in [3.8, 4) is 0 Å². The molecule has 0 bridgehead atoms. The summed E-state index contributed by atoms with van der Waals surface area (Å²) in [4.78, 5) is 6.38. The van der Waals surface area contributed by atoms with Gasteiger partial charge in [-0.2, -0.15) is 0 Å². The summed E-state index contributed by atoms with van der Waals surface area (Å²) in [5, 5.41) is 4.24. The maximum absolute atomic E-state index is 5.81. The van der Waals surface area contributed by atoms with Gasteiger partial charge in [0.25, 0.3) is 0 Å². The fraction of sp³-hybridized carbons (Fsp3) is 0.304. The Kier molecular flexibility index (Phi) is 6.82. The molecule has 1 aromatic heterocycles. The molecular weight excluding hydrogens is 364 g/mol. The van der Waals surface area contributed by atoms with Crippen molar-refractivity contribution in [2.24, 2.45) is 0 Å². The second kappa shape index (κ2) is 9.51. The number of aromatic nitrogens is 2. The summed E-state index contributed by atoms with van der Waals surface area (Å²) in [6.45, 7) is 8.96. The minimum absolute atomic E-state index is 0.766. The van der Waals surface area contributed by atoms with Crippen molar-refractivity contribution < 1.29 is 0 Å². The molecule has 0 radical (unpaired) electrons. The largest absolute Gasteiger partial charge is 0.345 e. The topological polar surface area (TPSA) is 33.1 Å². The molecule has 0 aliphatic heterocycles. The van der Waals surface area contributed by atoms with Crippen molar-refractivity contribution in [1.82, 2.24) is 14.5 Å². The van der Waals surface area contributed by atoms with Gasteiger partial charge in [0.1, 0.15) is 0 Å². The Morgan fingerprint density at radius 1 is 1.11 bits per heavy atom. The molecule has 0 saturated carbocycles. The van der Waals surface area contributed by atoms with Gasteiger partial charge < -0.3 is 14.8 Å². The van der Waals surface area contributed by atoms with E-state index in [9.17, 15) is 0 Å². The molecule has 0 fully saturated rings. The van der Waals surface area contributed by atoms with Crippen molar-refractivity contribution in [3.05, 3.63) is 83.4 Å². The van der Waals surface area contributed by atoms with Crippen LogP contribution in [0.1, 0.15) is 28.7 Å². The average molecular weight is 393 g/mol. The zero-order chi connectivity index (χ0) is 19.9. The Hall–Kier alpha value is -2.66. The van der Waals surface area contributed by atoms with Crippen LogP contribution in [0.25, 0.3) is 0 Å². The number of rotatable bonds is 7. The summed E-state index contributed by atoms with van der Waals surface area (Å²) < 4.78 is 2.10. The number of hydrogen-bond acceptors (Lipinski definition) is 2. The third kappa shape index (κ3) is 5.42. The van der Waals surface area contributed by atoms with Crippen LogP contribution in [0, 0.1) is 20.8 Å². The Morgan fingerprint density at radius 3 is 2.68 bits per heavy atom. The van der Waals surface area contributed by atoms with Gasteiger partial charge in [0, 0.05) is 37.7 Å². The summed E-state index contributed by atoms with van der Waals surface area (Å²) in [5.41, 5.74) is 6.09. The fourth-order valence-corrected chi connectivity index (χ4v) is 3.44. The van der Waals surface area contributed by atoms with Crippen LogP contribution in [-0.4, -0.2) is 26.1 Å². The second-order valence-electron chi connectivity index (χ2n) is 7.25. The summed E-state index contributed by atoms with van der Waals surface area (Å²) in [5.74, 6) is 0. The van der Waals surface area contributed by atoms with E-state index in [-0.39, 0.29) is 0 Å². The Balaban J connectivity index is 1.72. The summed E-state index contributed by atoms with van der Waals surface area (Å²) in [6, 6.07) is 14.9. The molecule has 3 aromatic rings. The molecule has 0 unspecified atom stereocenters. The molecular formula is C23H28N4S. The van der Waals surface area contributed by atoms with E-state index < -0.39 is 0 Å². The molecule has 5 heteroatoms. The lowest BCUT2D eigenvalue weighted by Gasteiger charge is -2.27. The number of hydrogen-bond donors (Lipinski definition) is 1. The molecule has 2 aromatic carbocycles. The highest BCUT2D eigenvalue weighted by molar-refractivity contribution is 7.80. The zero-order valence-electron chi connectivity index (χ0n) is 16.9. The van der Waals surface area contributed by atoms with E-state index in [1.165, 1.54) is 22.3 Å². The van der Waals surface area contributed by atoms with Crippen molar-refractivity contribution in [1.29, 1.82) is 0 Å². The molecule has 0 spiro atoms. The Morgan fingerprint density at radius 2 is 1.93 bits per heavy atom. The van der Waals surface area contributed by atoms with Gasteiger partial charge >= 0.3 is 0 Å². The van der Waals surface area contributed by atoms with Gasteiger partial charge in [-0.15, -0.1) is 0 Å². The van der Waals surface area contributed by atoms with Crippen LogP contribution >= 0.6 is 12.2 Å². The lowest BCUT2D eigenvalue weighted by Crippen LogP contribution is -2.35. The van der Waals surface area contributed by atoms with Crippen LogP contribution in [-0.2, 0) is 13.1 Å². The van der Waals surface area contributed by atoms with E-state index in [4.69, 9.17) is 12.2 Å². The predicted octanol–water partition coefficient (Wildman–Crippen LogP) is 5.10. The number of nitrogens with one attached hydrogen (secondary N) is 1. The molecule has 4 nitrogen and oxygen atoms in total. The second-order valence-corrected chi connectivity index (χ2v) is 7.64. The molecule has 0 atom stereocenters. The van der Waals surface area contributed by atoms with E-state index in [1.54, 1.807) is 0 Å². The summed E-state index contributed by atoms with van der Waals surface area (Å²) >= 11 is 5.81. The quantitative estimate of drug-likeness (QED) is 0.567. The van der Waals surface area contributed by atoms with E-state index >= 15 is 0 Å². The number of nitrogens with zero attached hydrogens (tertiary/aromatic N) is 3. The van der Waals surface area contributed by atoms with Gasteiger partial charge in [-0.25, -0.2) is 4.98 Å². The smallest absolute Gasteiger partial charge is 0.173 e. The first-order valence-corrected chi connectivity index (χ1v) is 10.1. The van der Waals surface area contributed by atoms with Crippen LogP contribution in [0.5, 0.6) is 0 Å². The fourth-order valence-electron chi connectivity index (χ4n) is 3.17. The van der Waals surface area contributed by atoms with Gasteiger partial charge in [0.05, 0.1) is 6.33 Å². The maximum atomic E-state index is 5.81. The summed E-state index contributed by atoms with van der Waals surface area (Å²) in [6.07, 6.45) is 6.67. The molecule has 1 N–H and O–H groups in total. The van der Waals surface area contributed by atoms with Gasteiger partial charge in [0.15, 0.2) is 5.11 Å². The van der Waals surface area contributed by atoms with Crippen LogP contribution in [0.4, 0.5) is 5.69 Å². The first-order chi connectivity index (χ1) is 13.5. The van der Waals surface area contributed by atoms with Crippen molar-refractivity contribution >= 4 is 23.0 Å². The molecule has 3 rings (SSSR count). The predicted molar refractivity (Wildman–Crippen MR) is 121 cm³/mol. The first-order valence-electron chi connectivity index (χ1n) is 9.66. The van der Waals surface area contributed by atoms with Gasteiger partial charge in [-0.3, -0.25) is 0 Å². The van der Waals surface area contributed by atoms with Crippen molar-refractivity contribution in [2.75, 3.05) is 11.9 Å². The normalized spacial score (nSPS) is 10.7. The van der Waals surface area contributed by atoms with Gasteiger partial charge in [-0.1, -0.05) is 36.4 Å². The molecule has 0 saturated heterocycles. The molecule has 1 heterocycles. The third-order valence-corrected chi connectivity index (χ3v) is 5.31. The monoisotopic (exact) mass is 392 g/mol. The van der Waals surface area contributed by atoms with E-state index in [0.29, 0.717) is 0 Å². The molecule has 0 aliphatic rings. The minimum Gasteiger partial charge on any atom is -0.345 e. The number of aryl methyl sites for hydroxylation is 4. The van der Waals surface area contributed by atoms with Gasteiger partial charge in [0.2, 0.25) is 0 Å². The van der Waals surface area contributed by atoms with E-state index in [1.807, 2.05) is 18.7 Å². The number of anilines is 1. The highest BCUT2D eigenvalue weighted by atomic mass is 32.1. The number of benzene rings is 2. The standard InChI is InChI=1S/C23H28N4S/c1-18-9-10-20(3)22(15-18)25-23(28)27(13-6-12-26-14-11-24-17-26)16-21-8-5-4-7-19(21)2/h4-5,7-11,14-15,17H,6,12-13,16H2,1-3H3,(H,25,28). The first kappa shape index (κ1) is 20.1. The molecule has 28 heavy (non-hydrogen) atoms. The molecule has 0 aliphatic carbocycles. The van der Waals surface area contributed by atoms with Crippen LogP contribution in [0.3, 0.4) is 0 Å². The molecule has 146 valence electrons. The van der Waals surface area contributed by atoms with Gasteiger partial charge in [-0.05, 0) is 67.7 Å². The summed E-state index contributed by atoms with van der Waals surface area (Å²) in [7, 11) is 0. The highest BCUT2D eigenvalue weighted by Crippen LogP contribution is 2.18. The lowest BCUT2D eigenvalue weighted by atomic mass is 10.1. The Labute approximate surface area is 173 Å². The lowest BCUT2D eigenvalue weighted by molar-refractivity contribution is 0.395. The highest BCUT2D eigenvalue weighted by Gasteiger charge is 2.13. The van der Waals surface area contributed by atoms with Crippen LogP contribution < -0.4 is 5.32 Å². The number of imidazole rings is 1. The van der Waals surface area contributed by atoms with Crippen LogP contribution in [0.15, 0.2) is 61.2 Å². The third-order valence-electron chi connectivity index (χ3n) is 4.95. The molecule has 0 amide bonds.